The maximum Gasteiger partial charge on any atom is 0.146 e. The number of aliphatic hydroxyl groups excluding tert-OH is 1. The van der Waals surface area contributed by atoms with Crippen LogP contribution in [-0.4, -0.2) is 52.9 Å². The summed E-state index contributed by atoms with van der Waals surface area (Å²) in [5, 5.41) is 24.0. The first-order chi connectivity index (χ1) is 20.1. The minimum atomic E-state index is -1.68. The monoisotopic (exact) mass is 554 g/mol. The number of benzene rings is 3. The van der Waals surface area contributed by atoms with Crippen LogP contribution in [0.25, 0.3) is 0 Å². The third-order valence-electron chi connectivity index (χ3n) is 8.53. The van der Waals surface area contributed by atoms with E-state index in [0.29, 0.717) is 19.6 Å². The summed E-state index contributed by atoms with van der Waals surface area (Å²) in [6.45, 7) is 1.24. The highest BCUT2D eigenvalue weighted by Crippen LogP contribution is 2.49. The van der Waals surface area contributed by atoms with Crippen molar-refractivity contribution in [2.75, 3.05) is 6.61 Å². The molecule has 1 heterocycles. The molecule has 6 rings (SSSR count). The van der Waals surface area contributed by atoms with Crippen LogP contribution in [0.2, 0.25) is 0 Å². The largest absolute Gasteiger partial charge is 0.390 e. The number of allylic oxidation sites excluding steroid dienone is 3. The molecule has 6 heteroatoms. The highest BCUT2D eigenvalue weighted by atomic mass is 16.6. The Hall–Kier alpha value is -3.10. The van der Waals surface area contributed by atoms with Gasteiger partial charge in [-0.15, -0.1) is 0 Å². The number of ether oxygens (including phenoxy) is 4. The minimum Gasteiger partial charge on any atom is -0.390 e. The number of hydrogen-bond donors (Lipinski definition) is 2. The van der Waals surface area contributed by atoms with E-state index in [-0.39, 0.29) is 25.0 Å². The first-order valence-electron chi connectivity index (χ1n) is 14.5. The molecule has 3 aliphatic rings. The van der Waals surface area contributed by atoms with Gasteiger partial charge in [-0.25, -0.2) is 0 Å². The van der Waals surface area contributed by atoms with Crippen molar-refractivity contribution in [1.29, 1.82) is 0 Å². The zero-order chi connectivity index (χ0) is 28.1. The molecule has 0 spiro atoms. The molecule has 2 N–H and O–H groups in total. The standard InChI is InChI=1S/C35H38O6/c36-31-20-28-18-10-11-19-29(28)33-35(31,37)34(40-23-27-16-8-3-9-17-27)32(39-22-26-14-6-2-7-15-26)30(41-33)24-38-21-25-12-4-1-5-13-25/h1-19,28-34,36-37H,20-24H2/t28?,29?,30-,31+,32-,33?,34+,35+/m1/s1. The molecular weight excluding hydrogens is 516 g/mol. The predicted octanol–water partition coefficient (Wildman–Crippen LogP) is 5.00. The number of fused-ring (bicyclic) bond motifs is 3. The quantitative estimate of drug-likeness (QED) is 0.368. The van der Waals surface area contributed by atoms with Gasteiger partial charge < -0.3 is 29.2 Å². The van der Waals surface area contributed by atoms with Crippen molar-refractivity contribution in [1.82, 2.24) is 0 Å². The molecule has 41 heavy (non-hydrogen) atoms. The van der Waals surface area contributed by atoms with E-state index in [4.69, 9.17) is 18.9 Å². The van der Waals surface area contributed by atoms with Crippen LogP contribution in [0.5, 0.6) is 0 Å². The summed E-state index contributed by atoms with van der Waals surface area (Å²) >= 11 is 0. The SMILES string of the molecule is O[C@H]1CC2C=CC=CC2C2O[C@H](COCc3ccccc3)[C@@H](OCc3ccccc3)[C@H](OCc3ccccc3)[C@@]21O. The summed E-state index contributed by atoms with van der Waals surface area (Å²) in [5.41, 5.74) is 1.35. The second-order valence-electron chi connectivity index (χ2n) is 11.2. The smallest absolute Gasteiger partial charge is 0.146 e. The molecule has 2 fully saturated rings. The lowest BCUT2D eigenvalue weighted by Crippen LogP contribution is -2.75. The summed E-state index contributed by atoms with van der Waals surface area (Å²) in [6.07, 6.45) is 4.74. The third-order valence-corrected chi connectivity index (χ3v) is 8.53. The van der Waals surface area contributed by atoms with Gasteiger partial charge in [0.15, 0.2) is 0 Å². The van der Waals surface area contributed by atoms with Crippen molar-refractivity contribution >= 4 is 0 Å². The van der Waals surface area contributed by atoms with E-state index in [9.17, 15) is 10.2 Å². The van der Waals surface area contributed by atoms with Crippen LogP contribution in [0.3, 0.4) is 0 Å². The van der Waals surface area contributed by atoms with Gasteiger partial charge in [0.25, 0.3) is 0 Å². The van der Waals surface area contributed by atoms with Crippen molar-refractivity contribution in [3.05, 3.63) is 132 Å². The van der Waals surface area contributed by atoms with Crippen LogP contribution in [0.4, 0.5) is 0 Å². The summed E-state index contributed by atoms with van der Waals surface area (Å²) in [7, 11) is 0. The van der Waals surface area contributed by atoms with E-state index < -0.39 is 36.1 Å². The Kier molecular flexibility index (Phi) is 8.77. The molecule has 0 radical (unpaired) electrons. The van der Waals surface area contributed by atoms with E-state index >= 15 is 0 Å². The predicted molar refractivity (Wildman–Crippen MR) is 156 cm³/mol. The normalized spacial score (nSPS) is 32.3. The Morgan fingerprint density at radius 1 is 0.732 bits per heavy atom. The van der Waals surface area contributed by atoms with Crippen molar-refractivity contribution in [2.24, 2.45) is 11.8 Å². The highest BCUT2D eigenvalue weighted by Gasteiger charge is 2.65. The lowest BCUT2D eigenvalue weighted by molar-refractivity contribution is -0.339. The Morgan fingerprint density at radius 2 is 1.29 bits per heavy atom. The van der Waals surface area contributed by atoms with Crippen LogP contribution in [-0.2, 0) is 38.8 Å². The first-order valence-corrected chi connectivity index (χ1v) is 14.5. The molecule has 3 aromatic carbocycles. The molecule has 1 saturated heterocycles. The van der Waals surface area contributed by atoms with Gasteiger partial charge in [-0.3, -0.25) is 0 Å². The van der Waals surface area contributed by atoms with Crippen molar-refractivity contribution in [3.8, 4) is 0 Å². The fraction of sp³-hybridized carbons (Fsp3) is 0.371. The maximum atomic E-state index is 12.4. The maximum absolute atomic E-state index is 12.4. The third kappa shape index (κ3) is 6.09. The first kappa shape index (κ1) is 28.0. The fourth-order valence-corrected chi connectivity index (χ4v) is 6.40. The Morgan fingerprint density at radius 3 is 1.93 bits per heavy atom. The highest BCUT2D eigenvalue weighted by molar-refractivity contribution is 5.25. The summed E-state index contributed by atoms with van der Waals surface area (Å²) in [6, 6.07) is 29.8. The van der Waals surface area contributed by atoms with Gasteiger partial charge in [-0.05, 0) is 29.0 Å². The average molecular weight is 555 g/mol. The van der Waals surface area contributed by atoms with Crippen LogP contribution in [0, 0.1) is 11.8 Å². The Labute approximate surface area is 241 Å². The molecule has 0 amide bonds. The molecule has 3 unspecified atom stereocenters. The average Bonchev–Trinajstić information content (AvgIpc) is 3.01. The van der Waals surface area contributed by atoms with Gasteiger partial charge in [-0.1, -0.05) is 115 Å². The van der Waals surface area contributed by atoms with Gasteiger partial charge in [-0.2, -0.15) is 0 Å². The minimum absolute atomic E-state index is 0.0581. The Bertz CT molecular complexity index is 1300. The topological polar surface area (TPSA) is 77.4 Å². The van der Waals surface area contributed by atoms with Gasteiger partial charge >= 0.3 is 0 Å². The lowest BCUT2D eigenvalue weighted by Gasteiger charge is -2.58. The summed E-state index contributed by atoms with van der Waals surface area (Å²) in [4.78, 5) is 0. The zero-order valence-electron chi connectivity index (χ0n) is 23.1. The van der Waals surface area contributed by atoms with Crippen LogP contribution >= 0.6 is 0 Å². The van der Waals surface area contributed by atoms with Gasteiger partial charge in [0.05, 0.1) is 38.6 Å². The number of rotatable bonds is 10. The van der Waals surface area contributed by atoms with Crippen molar-refractivity contribution < 1.29 is 29.2 Å². The van der Waals surface area contributed by atoms with Gasteiger partial charge in [0, 0.05) is 5.92 Å². The second kappa shape index (κ2) is 12.8. The zero-order valence-corrected chi connectivity index (χ0v) is 23.1. The molecule has 0 aromatic heterocycles. The summed E-state index contributed by atoms with van der Waals surface area (Å²) < 4.78 is 26.0. The van der Waals surface area contributed by atoms with Crippen LogP contribution in [0.1, 0.15) is 23.1 Å². The molecule has 8 atom stereocenters. The number of aliphatic hydroxyl groups is 2. The van der Waals surface area contributed by atoms with Crippen LogP contribution in [0.15, 0.2) is 115 Å². The van der Waals surface area contributed by atoms with E-state index in [2.05, 4.69) is 12.2 Å². The molecule has 1 aliphatic heterocycles. The van der Waals surface area contributed by atoms with E-state index in [1.165, 1.54) is 0 Å². The molecule has 1 saturated carbocycles. The molecule has 0 bridgehead atoms. The van der Waals surface area contributed by atoms with Gasteiger partial charge in [0.1, 0.15) is 23.9 Å². The fourth-order valence-electron chi connectivity index (χ4n) is 6.40. The molecule has 3 aromatic rings. The molecular formula is C35H38O6. The molecule has 2 aliphatic carbocycles. The van der Waals surface area contributed by atoms with E-state index in [0.717, 1.165) is 16.7 Å². The van der Waals surface area contributed by atoms with Crippen molar-refractivity contribution in [2.45, 2.75) is 62.4 Å². The summed E-state index contributed by atoms with van der Waals surface area (Å²) in [5.74, 6) is -0.0503. The lowest BCUT2D eigenvalue weighted by atomic mass is 9.62. The van der Waals surface area contributed by atoms with E-state index in [1.54, 1.807) is 0 Å². The Balaban J connectivity index is 1.32. The second-order valence-corrected chi connectivity index (χ2v) is 11.2. The van der Waals surface area contributed by atoms with Crippen LogP contribution < -0.4 is 0 Å². The van der Waals surface area contributed by atoms with Gasteiger partial charge in [0.2, 0.25) is 0 Å². The molecule has 6 nitrogen and oxygen atoms in total. The number of hydrogen-bond acceptors (Lipinski definition) is 6. The van der Waals surface area contributed by atoms with Crippen molar-refractivity contribution in [3.63, 3.8) is 0 Å². The van der Waals surface area contributed by atoms with E-state index in [1.807, 2.05) is 103 Å². The molecule has 214 valence electrons.